The van der Waals surface area contributed by atoms with Gasteiger partial charge in [-0.15, -0.1) is 48.1 Å². The number of hydrogen-bond acceptors (Lipinski definition) is 5. The second kappa shape index (κ2) is 18.8. The minimum atomic E-state index is -0.229. The Balaban J connectivity index is 0.00000605. The van der Waals surface area contributed by atoms with Gasteiger partial charge in [0.05, 0.1) is 44.8 Å². The summed E-state index contributed by atoms with van der Waals surface area (Å²) in [6.45, 7) is 24.8. The van der Waals surface area contributed by atoms with Crippen LogP contribution in [0.5, 0.6) is 11.5 Å². The summed E-state index contributed by atoms with van der Waals surface area (Å²) in [7, 11) is 0. The summed E-state index contributed by atoms with van der Waals surface area (Å²) in [6, 6.07) is 66.2. The van der Waals surface area contributed by atoms with Crippen molar-refractivity contribution in [1.82, 2.24) is 23.7 Å². The van der Waals surface area contributed by atoms with Gasteiger partial charge in [-0.1, -0.05) is 138 Å². The van der Waals surface area contributed by atoms with Gasteiger partial charge in [0.1, 0.15) is 11.6 Å². The number of benzene rings is 8. The van der Waals surface area contributed by atoms with Crippen molar-refractivity contribution >= 4 is 88.3 Å². The Hall–Kier alpha value is -8.45. The Labute approximate surface area is 481 Å². The summed E-state index contributed by atoms with van der Waals surface area (Å²) < 4.78 is 14.1. The molecule has 13 aromatic rings. The van der Waals surface area contributed by atoms with Crippen molar-refractivity contribution in [3.05, 3.63) is 228 Å². The molecule has 0 spiro atoms. The van der Waals surface area contributed by atoms with Crippen molar-refractivity contribution in [2.45, 2.75) is 80.1 Å². The fraction of sp³-hybridized carbons (Fsp3) is 0.169. The molecular weight excluding hydrogens is 1160 g/mol. The van der Waals surface area contributed by atoms with E-state index in [9.17, 15) is 0 Å². The number of aromatic nitrogens is 5. The third-order valence-corrected chi connectivity index (χ3v) is 16.2. The second-order valence-corrected chi connectivity index (χ2v) is 23.5. The number of hydrogen-bond donors (Lipinski definition) is 0. The summed E-state index contributed by atoms with van der Waals surface area (Å²) in [5.74, 6) is 2.78. The molecule has 0 unspecified atom stereocenters. The fourth-order valence-electron chi connectivity index (χ4n) is 12.3. The third-order valence-electron chi connectivity index (χ3n) is 16.2. The van der Waals surface area contributed by atoms with E-state index in [1.165, 1.54) is 77.0 Å². The van der Waals surface area contributed by atoms with E-state index in [0.29, 0.717) is 11.5 Å². The summed E-state index contributed by atoms with van der Waals surface area (Å²) in [5.41, 5.74) is 18.5. The van der Waals surface area contributed by atoms with Gasteiger partial charge in [0.25, 0.3) is 0 Å². The van der Waals surface area contributed by atoms with E-state index in [1.807, 2.05) is 36.7 Å². The second-order valence-electron chi connectivity index (χ2n) is 23.5. The first-order valence-corrected chi connectivity index (χ1v) is 27.3. The molecule has 0 saturated heterocycles. The molecule has 80 heavy (non-hydrogen) atoms. The minimum Gasteiger partial charge on any atom is -0.509 e. The van der Waals surface area contributed by atoms with Crippen molar-refractivity contribution in [2.75, 3.05) is 9.80 Å². The van der Waals surface area contributed by atoms with Crippen LogP contribution in [0.2, 0.25) is 0 Å². The van der Waals surface area contributed by atoms with E-state index in [2.05, 4.69) is 251 Å². The number of ether oxygens (including phenoxy) is 1. The summed E-state index contributed by atoms with van der Waals surface area (Å²) in [6.07, 6.45) is 3.81. The summed E-state index contributed by atoms with van der Waals surface area (Å²) in [4.78, 5) is 14.7. The molecule has 0 fully saturated rings. The Morgan fingerprint density at radius 3 is 1.55 bits per heavy atom. The van der Waals surface area contributed by atoms with Gasteiger partial charge in [-0.3, -0.25) is 0 Å². The van der Waals surface area contributed by atoms with Gasteiger partial charge in [0, 0.05) is 72.0 Å². The quantitative estimate of drug-likeness (QED) is 0.149. The Morgan fingerprint density at radius 1 is 0.438 bits per heavy atom. The Kier molecular flexibility index (Phi) is 12.0. The normalized spacial score (nSPS) is 12.9. The SMILES string of the molecule is Cc1cccc2c3cccc(C)c3n(-c3cc(C(C)(C)C)cc(-n4c5c(C)cccc5c5cccc(C)c54)c3N3[CH-]N(c4[c-]c(Oc5[c-]c6c(cc5)c5ccccc5n6-c5cc(C(C)(C)C)ccn5)ccc4)c4cccnc43)c12.[Pt]. The number of pyridine rings is 2. The van der Waals surface area contributed by atoms with Crippen LogP contribution in [0.1, 0.15) is 74.9 Å². The first-order valence-electron chi connectivity index (χ1n) is 27.3. The number of anilines is 4. The van der Waals surface area contributed by atoms with E-state index in [-0.39, 0.29) is 31.9 Å². The average molecular weight is 1220 g/mol. The van der Waals surface area contributed by atoms with Gasteiger partial charge in [-0.05, 0) is 120 Å². The molecule has 0 saturated carbocycles. The van der Waals surface area contributed by atoms with Crippen LogP contribution in [0, 0.1) is 46.5 Å². The van der Waals surface area contributed by atoms with Crippen molar-refractivity contribution in [3.63, 3.8) is 0 Å². The van der Waals surface area contributed by atoms with Crippen LogP contribution in [0.4, 0.5) is 22.9 Å². The first-order chi connectivity index (χ1) is 38.1. The van der Waals surface area contributed by atoms with Crippen LogP contribution in [0.3, 0.4) is 0 Å². The van der Waals surface area contributed by atoms with Crippen molar-refractivity contribution < 1.29 is 25.8 Å². The van der Waals surface area contributed by atoms with E-state index in [0.717, 1.165) is 61.9 Å². The zero-order valence-electron chi connectivity index (χ0n) is 46.7. The molecule has 0 aliphatic carbocycles. The molecule has 9 heteroatoms. The first kappa shape index (κ1) is 51.0. The molecule has 14 rings (SSSR count). The maximum atomic E-state index is 6.82. The molecule has 0 radical (unpaired) electrons. The average Bonchev–Trinajstić information content (AvgIpc) is 4.36. The van der Waals surface area contributed by atoms with E-state index in [1.54, 1.807) is 0 Å². The molecule has 0 atom stereocenters. The van der Waals surface area contributed by atoms with Crippen LogP contribution in [-0.2, 0) is 31.9 Å². The van der Waals surface area contributed by atoms with Crippen LogP contribution in [0.15, 0.2) is 176 Å². The molecule has 398 valence electrons. The molecule has 0 amide bonds. The largest absolute Gasteiger partial charge is 0.509 e. The number of para-hydroxylation sites is 5. The van der Waals surface area contributed by atoms with Gasteiger partial charge in [-0.25, -0.2) is 9.97 Å². The molecule has 0 N–H and O–H groups in total. The van der Waals surface area contributed by atoms with Crippen molar-refractivity contribution in [1.29, 1.82) is 0 Å². The maximum absolute atomic E-state index is 6.82. The van der Waals surface area contributed by atoms with Gasteiger partial charge in [-0.2, -0.15) is 12.1 Å². The molecule has 0 bridgehead atoms. The van der Waals surface area contributed by atoms with Crippen LogP contribution in [-0.4, -0.2) is 23.7 Å². The summed E-state index contributed by atoms with van der Waals surface area (Å²) in [5, 5.41) is 7.08. The van der Waals surface area contributed by atoms with Crippen LogP contribution >= 0.6 is 0 Å². The number of nitrogens with zero attached hydrogens (tertiary/aromatic N) is 7. The third kappa shape index (κ3) is 7.97. The molecule has 1 aliphatic rings. The smallest absolute Gasteiger partial charge is 0.135 e. The molecule has 8 aromatic carbocycles. The topological polar surface area (TPSA) is 56.3 Å². The van der Waals surface area contributed by atoms with Gasteiger partial charge < -0.3 is 28.2 Å². The Morgan fingerprint density at radius 2 is 0.975 bits per heavy atom. The number of rotatable bonds is 7. The summed E-state index contributed by atoms with van der Waals surface area (Å²) >= 11 is 0. The van der Waals surface area contributed by atoms with Gasteiger partial charge >= 0.3 is 0 Å². The monoisotopic (exact) mass is 1220 g/mol. The van der Waals surface area contributed by atoms with Gasteiger partial charge in [0.2, 0.25) is 0 Å². The molecule has 8 nitrogen and oxygen atoms in total. The van der Waals surface area contributed by atoms with Crippen molar-refractivity contribution in [3.8, 4) is 28.7 Å². The van der Waals surface area contributed by atoms with Gasteiger partial charge in [0.15, 0.2) is 0 Å². The Bertz CT molecular complexity index is 4390. The predicted molar refractivity (Wildman–Crippen MR) is 327 cm³/mol. The van der Waals surface area contributed by atoms with Crippen LogP contribution < -0.4 is 14.5 Å². The minimum absolute atomic E-state index is 0. The number of fused-ring (bicyclic) bond motifs is 10. The zero-order chi connectivity index (χ0) is 54.2. The van der Waals surface area contributed by atoms with E-state index >= 15 is 0 Å². The zero-order valence-corrected chi connectivity index (χ0v) is 48.9. The molecule has 6 heterocycles. The van der Waals surface area contributed by atoms with Crippen LogP contribution in [0.25, 0.3) is 82.6 Å². The molecule has 5 aromatic heterocycles. The van der Waals surface area contributed by atoms with E-state index in [4.69, 9.17) is 14.7 Å². The maximum Gasteiger partial charge on any atom is 0.135 e. The fourth-order valence-corrected chi connectivity index (χ4v) is 12.3. The number of aryl methyl sites for hydroxylation is 4. The van der Waals surface area contributed by atoms with Crippen molar-refractivity contribution in [2.24, 2.45) is 0 Å². The standard InChI is InChI=1S/C71H60N7O.Pt/c1-43-19-13-26-54-55-27-14-20-44(2)65(55)77(64(43)54)61-37-48(71(8,9)10)38-62(78-66-45(3)21-15-28-56(66)57-29-16-22-46(4)67(57)78)68(61)75-42-74(59-31-18-35-73-69(59)75)49-23-17-24-50(40-49)79-51-32-33-53-52-25-11-12-30-58(52)76(60(53)41-51)63-39-47(34-36-72-63)70(5,6)7;/h11-39,42H,1-10H3;/q-3;. The van der Waals surface area contributed by atoms with E-state index < -0.39 is 0 Å². The predicted octanol–water partition coefficient (Wildman–Crippen LogP) is 18.4. The molecule has 1 aliphatic heterocycles. The molecular formula is C71H60N7OPt-3.